The first-order chi connectivity index (χ1) is 12.8. The molecule has 0 spiro atoms. The third-order valence-electron chi connectivity index (χ3n) is 2.76. The molecule has 2 nitrogen and oxygen atoms in total. The Morgan fingerprint density at radius 2 is 1.96 bits per heavy atom. The maximum absolute atomic E-state index is 11.8. The van der Waals surface area contributed by atoms with Gasteiger partial charge >= 0.3 is 0 Å². The zero-order valence-corrected chi connectivity index (χ0v) is 19.2. The molecule has 27 heavy (non-hydrogen) atoms. The zero-order valence-electron chi connectivity index (χ0n) is 15.3. The van der Waals surface area contributed by atoms with Crippen molar-refractivity contribution in [3.63, 3.8) is 0 Å². The van der Waals surface area contributed by atoms with Crippen LogP contribution in [0, 0.1) is 0 Å². The molecular formula is C20H20Cl3NOS2. The highest BCUT2D eigenvalue weighted by Crippen LogP contribution is 2.35. The lowest BCUT2D eigenvalue weighted by Gasteiger charge is -2.06. The minimum Gasteiger partial charge on any atom is -0.293 e. The summed E-state index contributed by atoms with van der Waals surface area (Å²) in [7, 11) is 0. The van der Waals surface area contributed by atoms with Gasteiger partial charge in [0.2, 0.25) is 0 Å². The van der Waals surface area contributed by atoms with Crippen LogP contribution in [-0.2, 0) is 4.79 Å². The van der Waals surface area contributed by atoms with Crippen LogP contribution in [0.25, 0.3) is 0 Å². The first-order valence-electron chi connectivity index (χ1n) is 7.61. The molecule has 0 saturated carbocycles. The number of aliphatic imine (C=N–C) groups is 1. The molecule has 0 bridgehead atoms. The van der Waals surface area contributed by atoms with Crippen molar-refractivity contribution in [3.8, 4) is 0 Å². The number of carbonyl (C=O) groups is 1. The molecule has 0 heterocycles. The van der Waals surface area contributed by atoms with E-state index in [1.54, 1.807) is 24.4 Å². The van der Waals surface area contributed by atoms with Gasteiger partial charge in [-0.1, -0.05) is 83.7 Å². The minimum atomic E-state index is -0.141. The quantitative estimate of drug-likeness (QED) is 0.190. The van der Waals surface area contributed by atoms with Crippen molar-refractivity contribution >= 4 is 69.8 Å². The van der Waals surface area contributed by atoms with Gasteiger partial charge in [-0.25, -0.2) is 0 Å². The molecule has 0 aromatic heterocycles. The van der Waals surface area contributed by atoms with Crippen molar-refractivity contribution < 1.29 is 4.79 Å². The summed E-state index contributed by atoms with van der Waals surface area (Å²) in [6.45, 7) is 10.6. The Bertz CT molecular complexity index is 807. The zero-order chi connectivity index (χ0) is 20.8. The molecule has 7 heteroatoms. The highest BCUT2D eigenvalue weighted by Gasteiger charge is 2.08. The number of Topliss-reactive ketones (excluding diaryl/α,β-unsaturated/α-hetero) is 1. The minimum absolute atomic E-state index is 0.141. The average Bonchev–Trinajstić information content (AvgIpc) is 2.66. The lowest BCUT2D eigenvalue weighted by Crippen LogP contribution is -2.07. The van der Waals surface area contributed by atoms with Crippen molar-refractivity contribution in [2.24, 2.45) is 4.99 Å². The van der Waals surface area contributed by atoms with Crippen LogP contribution in [0.15, 0.2) is 84.4 Å². The van der Waals surface area contributed by atoms with Gasteiger partial charge in [0.1, 0.15) is 9.40 Å². The van der Waals surface area contributed by atoms with E-state index >= 15 is 0 Å². The van der Waals surface area contributed by atoms with Crippen molar-refractivity contribution in [2.45, 2.75) is 20.3 Å². The Labute approximate surface area is 184 Å². The molecule has 0 amide bonds. The van der Waals surface area contributed by atoms with Crippen LogP contribution in [-0.4, -0.2) is 17.8 Å². The highest BCUT2D eigenvalue weighted by atomic mass is 35.5. The van der Waals surface area contributed by atoms with Gasteiger partial charge in [-0.3, -0.25) is 9.79 Å². The first-order valence-corrected chi connectivity index (χ1v) is 10.8. The topological polar surface area (TPSA) is 29.4 Å². The van der Waals surface area contributed by atoms with Gasteiger partial charge in [0, 0.05) is 29.4 Å². The molecular weight excluding hydrogens is 441 g/mol. The second-order valence-corrected chi connectivity index (χ2v) is 7.96. The standard InChI is InChI=1S/C20H20Cl3NOS2/c1-6-10-18(20(23)16(21)8-3)27-15(7-2)13-24-17(14(4)25)11-9-12-19(22)26-5/h6-7,9-10,13H,2-3,11H2,1,4-5H3/b10-6-,15-13+,20-18-,24-17-. The van der Waals surface area contributed by atoms with Crippen LogP contribution >= 0.6 is 58.3 Å². The number of carbonyl (C=O) groups excluding carboxylic acids is 1. The van der Waals surface area contributed by atoms with Gasteiger partial charge in [0.15, 0.2) is 5.78 Å². The molecule has 0 aromatic rings. The van der Waals surface area contributed by atoms with E-state index in [1.807, 2.05) is 19.3 Å². The number of allylic oxidation sites excluding steroid dienone is 6. The molecule has 0 saturated heterocycles. The third kappa shape index (κ3) is 10.7. The lowest BCUT2D eigenvalue weighted by molar-refractivity contribution is -0.111. The summed E-state index contributed by atoms with van der Waals surface area (Å²) in [6, 6.07) is 0. The first kappa shape index (κ1) is 25.9. The molecule has 0 atom stereocenters. The SMILES string of the molecule is C=C=C(Cl)/C(Cl)=C(\C=C/C)S/C(C=C)=C/N=C(/CC=C=C(Cl)SC)C(C)=O. The molecule has 0 aromatic carbocycles. The molecule has 144 valence electrons. The van der Waals surface area contributed by atoms with Crippen LogP contribution in [0.1, 0.15) is 20.3 Å². The molecule has 0 rings (SSSR count). The summed E-state index contributed by atoms with van der Waals surface area (Å²) in [6.07, 6.45) is 10.6. The Hall–Kier alpha value is -1.09. The van der Waals surface area contributed by atoms with Crippen LogP contribution in [0.2, 0.25) is 0 Å². The van der Waals surface area contributed by atoms with Crippen LogP contribution in [0.5, 0.6) is 0 Å². The van der Waals surface area contributed by atoms with E-state index in [4.69, 9.17) is 34.8 Å². The second-order valence-electron chi connectivity index (χ2n) is 4.67. The summed E-state index contributed by atoms with van der Waals surface area (Å²) in [5.41, 5.74) is 5.80. The van der Waals surface area contributed by atoms with E-state index in [2.05, 4.69) is 29.6 Å². The number of halogens is 3. The Kier molecular flexibility index (Phi) is 14.3. The number of hydrogen-bond acceptors (Lipinski definition) is 4. The molecule has 0 radical (unpaired) electrons. The van der Waals surface area contributed by atoms with Gasteiger partial charge in [-0.05, 0) is 19.3 Å². The maximum Gasteiger partial charge on any atom is 0.174 e. The lowest BCUT2D eigenvalue weighted by atomic mass is 10.2. The summed E-state index contributed by atoms with van der Waals surface area (Å²) in [4.78, 5) is 17.4. The number of rotatable bonds is 10. The average molecular weight is 461 g/mol. The van der Waals surface area contributed by atoms with Gasteiger partial charge in [-0.15, -0.1) is 17.5 Å². The number of ketones is 1. The molecule has 0 aliphatic rings. The summed E-state index contributed by atoms with van der Waals surface area (Å²) >= 11 is 20.8. The van der Waals surface area contributed by atoms with Gasteiger partial charge in [-0.2, -0.15) is 0 Å². The largest absolute Gasteiger partial charge is 0.293 e. The summed E-state index contributed by atoms with van der Waals surface area (Å²) < 4.78 is 0.513. The maximum atomic E-state index is 11.8. The third-order valence-corrected chi connectivity index (χ3v) is 5.80. The second kappa shape index (κ2) is 14.9. The van der Waals surface area contributed by atoms with E-state index < -0.39 is 0 Å². The molecule has 0 aliphatic carbocycles. The Morgan fingerprint density at radius 1 is 1.30 bits per heavy atom. The van der Waals surface area contributed by atoms with E-state index in [1.165, 1.54) is 30.4 Å². The van der Waals surface area contributed by atoms with Crippen molar-refractivity contribution in [3.05, 3.63) is 79.4 Å². The van der Waals surface area contributed by atoms with Crippen molar-refractivity contribution in [1.29, 1.82) is 0 Å². The molecule has 0 unspecified atom stereocenters. The van der Waals surface area contributed by atoms with Gasteiger partial charge < -0.3 is 0 Å². The van der Waals surface area contributed by atoms with Crippen LogP contribution in [0.4, 0.5) is 0 Å². The van der Waals surface area contributed by atoms with E-state index in [9.17, 15) is 4.79 Å². The fraction of sp³-hybridized carbons (Fsp3) is 0.200. The van der Waals surface area contributed by atoms with E-state index in [0.29, 0.717) is 31.3 Å². The fourth-order valence-corrected chi connectivity index (χ4v) is 2.97. The van der Waals surface area contributed by atoms with E-state index in [0.717, 1.165) is 0 Å². The van der Waals surface area contributed by atoms with Gasteiger partial charge in [0.05, 0.1) is 10.7 Å². The highest BCUT2D eigenvalue weighted by molar-refractivity contribution is 8.07. The van der Waals surface area contributed by atoms with Gasteiger partial charge in [0.25, 0.3) is 0 Å². The molecule has 0 aliphatic heterocycles. The predicted molar refractivity (Wildman–Crippen MR) is 126 cm³/mol. The number of thioether (sulfide) groups is 2. The number of hydrogen-bond donors (Lipinski definition) is 0. The van der Waals surface area contributed by atoms with E-state index in [-0.39, 0.29) is 10.8 Å². The monoisotopic (exact) mass is 459 g/mol. The summed E-state index contributed by atoms with van der Waals surface area (Å²) in [5, 5.41) is 0.536. The smallest absolute Gasteiger partial charge is 0.174 e. The van der Waals surface area contributed by atoms with Crippen molar-refractivity contribution in [1.82, 2.24) is 0 Å². The molecule has 0 fully saturated rings. The normalized spacial score (nSPS) is 12.8. The summed E-state index contributed by atoms with van der Waals surface area (Å²) in [5.74, 6) is -0.141. The van der Waals surface area contributed by atoms with Crippen molar-refractivity contribution in [2.75, 3.05) is 6.26 Å². The Balaban J connectivity index is 5.78. The predicted octanol–water partition coefficient (Wildman–Crippen LogP) is 7.70. The fourth-order valence-electron chi connectivity index (χ4n) is 1.45. The number of nitrogens with zero attached hydrogens (tertiary/aromatic N) is 1. The van der Waals surface area contributed by atoms with Crippen LogP contribution in [0.3, 0.4) is 0 Å². The van der Waals surface area contributed by atoms with Crippen LogP contribution < -0.4 is 0 Å². The Morgan fingerprint density at radius 3 is 2.44 bits per heavy atom. The molecule has 0 N–H and O–H groups in total.